The monoisotopic (exact) mass is 285 g/mol. The van der Waals surface area contributed by atoms with E-state index in [4.69, 9.17) is 5.11 Å². The molecule has 1 aliphatic carbocycles. The molecular weight excluding hydrogens is 270 g/mol. The highest BCUT2D eigenvalue weighted by atomic mass is 79.9. The number of rotatable bonds is 4. The zero-order valence-electron chi connectivity index (χ0n) is 8.99. The third kappa shape index (κ3) is 2.75. The molecule has 0 unspecified atom stereocenters. The van der Waals surface area contributed by atoms with Crippen LogP contribution in [0.5, 0.6) is 5.75 Å². The molecule has 0 aliphatic heterocycles. The van der Waals surface area contributed by atoms with Gasteiger partial charge in [0.05, 0.1) is 10.6 Å². The number of nitrogens with one attached hydrogen (secondary N) is 1. The molecule has 4 heteroatoms. The first-order valence-electron chi connectivity index (χ1n) is 5.52. The third-order valence-corrected chi connectivity index (χ3v) is 3.67. The predicted octanol–water partition coefficient (Wildman–Crippen LogP) is 2.02. The fraction of sp³-hybridized carbons (Fsp3) is 0.500. The van der Waals surface area contributed by atoms with Crippen molar-refractivity contribution >= 4 is 15.9 Å². The van der Waals surface area contributed by atoms with Gasteiger partial charge in [0.1, 0.15) is 5.75 Å². The Hall–Kier alpha value is -0.580. The Morgan fingerprint density at radius 1 is 1.38 bits per heavy atom. The maximum absolute atomic E-state index is 9.75. The lowest BCUT2D eigenvalue weighted by atomic mass is 9.82. The van der Waals surface area contributed by atoms with Crippen LogP contribution in [-0.2, 0) is 6.54 Å². The molecule has 2 rings (SSSR count). The van der Waals surface area contributed by atoms with Crippen molar-refractivity contribution in [1.82, 2.24) is 5.32 Å². The van der Waals surface area contributed by atoms with E-state index in [2.05, 4.69) is 21.2 Å². The average molecular weight is 286 g/mol. The van der Waals surface area contributed by atoms with Crippen molar-refractivity contribution in [3.63, 3.8) is 0 Å². The minimum Gasteiger partial charge on any atom is -0.506 e. The van der Waals surface area contributed by atoms with Crippen molar-refractivity contribution in [3.8, 4) is 5.75 Å². The van der Waals surface area contributed by atoms with E-state index in [0.29, 0.717) is 18.2 Å². The van der Waals surface area contributed by atoms with Crippen LogP contribution in [0, 0.1) is 5.92 Å². The lowest BCUT2D eigenvalue weighted by Gasteiger charge is -2.31. The molecule has 1 aliphatic rings. The number of aromatic hydroxyl groups is 1. The van der Waals surface area contributed by atoms with Crippen molar-refractivity contribution in [3.05, 3.63) is 28.2 Å². The summed E-state index contributed by atoms with van der Waals surface area (Å²) < 4.78 is 0.728. The Balaban J connectivity index is 1.79. The molecular formula is C12H16BrNO2. The number of phenolic OH excluding ortho intramolecular Hbond substituents is 1. The molecule has 0 spiro atoms. The number of benzene rings is 1. The van der Waals surface area contributed by atoms with E-state index < -0.39 is 0 Å². The first-order chi connectivity index (χ1) is 7.66. The van der Waals surface area contributed by atoms with Gasteiger partial charge in [-0.1, -0.05) is 12.1 Å². The molecule has 1 aromatic rings. The Bertz CT molecular complexity index is 364. The van der Waals surface area contributed by atoms with Crippen molar-refractivity contribution in [1.29, 1.82) is 0 Å². The predicted molar refractivity (Wildman–Crippen MR) is 66.2 cm³/mol. The molecule has 1 aromatic carbocycles. The Morgan fingerprint density at radius 2 is 2.12 bits per heavy atom. The maximum Gasteiger partial charge on any atom is 0.134 e. The first kappa shape index (κ1) is 11.9. The van der Waals surface area contributed by atoms with Crippen LogP contribution in [0.2, 0.25) is 0 Å². The van der Waals surface area contributed by atoms with E-state index in [1.54, 1.807) is 0 Å². The standard InChI is InChI=1S/C12H16BrNO2/c13-11-3-1-2-9(12(11)16)7-14-6-8-4-10(15)5-8/h1-3,8,10,14-16H,4-7H2. The number of aliphatic hydroxyl groups is 1. The van der Waals surface area contributed by atoms with Crippen molar-refractivity contribution in [2.24, 2.45) is 5.92 Å². The zero-order valence-corrected chi connectivity index (χ0v) is 10.6. The summed E-state index contributed by atoms with van der Waals surface area (Å²) in [5, 5.41) is 22.2. The number of hydrogen-bond acceptors (Lipinski definition) is 3. The van der Waals surface area contributed by atoms with E-state index in [-0.39, 0.29) is 6.10 Å². The molecule has 0 bridgehead atoms. The van der Waals surface area contributed by atoms with E-state index in [1.165, 1.54) is 0 Å². The van der Waals surface area contributed by atoms with Gasteiger partial charge in [-0.2, -0.15) is 0 Å². The second kappa shape index (κ2) is 5.17. The van der Waals surface area contributed by atoms with Crippen LogP contribution in [0.15, 0.2) is 22.7 Å². The van der Waals surface area contributed by atoms with E-state index in [9.17, 15) is 5.11 Å². The second-order valence-electron chi connectivity index (χ2n) is 4.37. The van der Waals surface area contributed by atoms with Crippen LogP contribution in [0.4, 0.5) is 0 Å². The lowest BCUT2D eigenvalue weighted by Crippen LogP contribution is -2.35. The van der Waals surface area contributed by atoms with Crippen LogP contribution in [0.1, 0.15) is 18.4 Å². The number of hydrogen-bond donors (Lipinski definition) is 3. The largest absolute Gasteiger partial charge is 0.506 e. The van der Waals surface area contributed by atoms with Gasteiger partial charge < -0.3 is 15.5 Å². The molecule has 1 fully saturated rings. The molecule has 1 saturated carbocycles. The quantitative estimate of drug-likeness (QED) is 0.793. The molecule has 3 nitrogen and oxygen atoms in total. The molecule has 3 N–H and O–H groups in total. The first-order valence-corrected chi connectivity index (χ1v) is 6.31. The van der Waals surface area contributed by atoms with Crippen molar-refractivity contribution in [2.45, 2.75) is 25.5 Å². The Labute approximate surface area is 104 Å². The van der Waals surface area contributed by atoms with Gasteiger partial charge in [0.2, 0.25) is 0 Å². The van der Waals surface area contributed by atoms with Crippen LogP contribution in [0.25, 0.3) is 0 Å². The number of para-hydroxylation sites is 1. The summed E-state index contributed by atoms with van der Waals surface area (Å²) in [6.07, 6.45) is 1.71. The average Bonchev–Trinajstić information content (AvgIpc) is 2.21. The van der Waals surface area contributed by atoms with Gasteiger partial charge in [-0.15, -0.1) is 0 Å². The Kier molecular flexibility index (Phi) is 3.84. The minimum absolute atomic E-state index is 0.0916. The summed E-state index contributed by atoms with van der Waals surface area (Å²) in [6, 6.07) is 5.64. The minimum atomic E-state index is -0.0916. The molecule has 0 amide bonds. The van der Waals surface area contributed by atoms with E-state index in [1.807, 2.05) is 18.2 Å². The van der Waals surface area contributed by atoms with Gasteiger partial charge in [-0.05, 0) is 47.3 Å². The molecule has 0 radical (unpaired) electrons. The highest BCUT2D eigenvalue weighted by Gasteiger charge is 2.26. The molecule has 0 aromatic heterocycles. The van der Waals surface area contributed by atoms with Gasteiger partial charge in [-0.25, -0.2) is 0 Å². The fourth-order valence-corrected chi connectivity index (χ4v) is 2.39. The number of halogens is 1. The van der Waals surface area contributed by atoms with E-state index in [0.717, 1.165) is 29.4 Å². The summed E-state index contributed by atoms with van der Waals surface area (Å²) in [5.74, 6) is 0.896. The molecule has 88 valence electrons. The van der Waals surface area contributed by atoms with Crippen molar-refractivity contribution in [2.75, 3.05) is 6.54 Å². The van der Waals surface area contributed by atoms with Gasteiger partial charge >= 0.3 is 0 Å². The lowest BCUT2D eigenvalue weighted by molar-refractivity contribution is 0.0429. The molecule has 16 heavy (non-hydrogen) atoms. The smallest absolute Gasteiger partial charge is 0.134 e. The van der Waals surface area contributed by atoms with E-state index >= 15 is 0 Å². The van der Waals surface area contributed by atoms with Crippen molar-refractivity contribution < 1.29 is 10.2 Å². The SMILES string of the molecule is Oc1c(Br)cccc1CNCC1CC(O)C1. The van der Waals surface area contributed by atoms with Crippen LogP contribution in [-0.4, -0.2) is 22.9 Å². The second-order valence-corrected chi connectivity index (χ2v) is 5.22. The highest BCUT2D eigenvalue weighted by Crippen LogP contribution is 2.28. The summed E-state index contributed by atoms with van der Waals surface area (Å²) in [6.45, 7) is 1.57. The molecule has 0 heterocycles. The van der Waals surface area contributed by atoms with Gasteiger partial charge in [-0.3, -0.25) is 0 Å². The summed E-state index contributed by atoms with van der Waals surface area (Å²) >= 11 is 3.29. The number of phenols is 1. The normalized spacial score (nSPS) is 24.1. The summed E-state index contributed by atoms with van der Waals surface area (Å²) in [7, 11) is 0. The van der Waals surface area contributed by atoms with Gasteiger partial charge in [0.15, 0.2) is 0 Å². The Morgan fingerprint density at radius 3 is 2.81 bits per heavy atom. The maximum atomic E-state index is 9.75. The highest BCUT2D eigenvalue weighted by molar-refractivity contribution is 9.10. The zero-order chi connectivity index (χ0) is 11.5. The molecule has 0 atom stereocenters. The summed E-state index contributed by atoms with van der Waals surface area (Å²) in [5.41, 5.74) is 0.897. The summed E-state index contributed by atoms with van der Waals surface area (Å²) in [4.78, 5) is 0. The third-order valence-electron chi connectivity index (χ3n) is 3.03. The topological polar surface area (TPSA) is 52.5 Å². The van der Waals surface area contributed by atoms with Crippen LogP contribution < -0.4 is 5.32 Å². The van der Waals surface area contributed by atoms with Gasteiger partial charge in [0.25, 0.3) is 0 Å². The van der Waals surface area contributed by atoms with Crippen LogP contribution in [0.3, 0.4) is 0 Å². The molecule has 0 saturated heterocycles. The number of aliphatic hydroxyl groups excluding tert-OH is 1. The fourth-order valence-electron chi connectivity index (χ4n) is 1.98. The van der Waals surface area contributed by atoms with Gasteiger partial charge in [0, 0.05) is 12.1 Å². The van der Waals surface area contributed by atoms with Crippen LogP contribution >= 0.6 is 15.9 Å².